The summed E-state index contributed by atoms with van der Waals surface area (Å²) >= 11 is 13.3. The molecule has 1 aromatic carbocycles. The first kappa shape index (κ1) is 26.1. The number of benzene rings is 1. The maximum absolute atomic E-state index is 12.9. The van der Waals surface area contributed by atoms with Crippen molar-refractivity contribution >= 4 is 57.4 Å². The second-order valence-electron chi connectivity index (χ2n) is 8.12. The number of amides is 3. The summed E-state index contributed by atoms with van der Waals surface area (Å²) in [6.07, 6.45) is 0.134. The number of rotatable bonds is 9. The highest BCUT2D eigenvalue weighted by Crippen LogP contribution is 2.23. The van der Waals surface area contributed by atoms with Crippen LogP contribution in [-0.2, 0) is 16.0 Å². The molecule has 0 fully saturated rings. The zero-order valence-electron chi connectivity index (χ0n) is 18.7. The molecule has 32 heavy (non-hydrogen) atoms. The molecule has 0 aliphatic heterocycles. The molecule has 2 rings (SSSR count). The largest absolute Gasteiger partial charge is 0.353 e. The Labute approximate surface area is 202 Å². The lowest BCUT2D eigenvalue weighted by molar-refractivity contribution is -0.121. The van der Waals surface area contributed by atoms with Crippen LogP contribution in [0.4, 0.5) is 5.13 Å². The molecular weight excluding hydrogens is 471 g/mol. The fraction of sp³-hybridized carbons (Fsp3) is 0.455. The van der Waals surface area contributed by atoms with Gasteiger partial charge in [-0.1, -0.05) is 37.0 Å². The molecule has 3 amide bonds. The van der Waals surface area contributed by atoms with E-state index in [1.165, 1.54) is 22.3 Å². The molecule has 1 heterocycles. The maximum Gasteiger partial charge on any atom is 0.256 e. The van der Waals surface area contributed by atoms with E-state index in [0.717, 1.165) is 0 Å². The first-order valence-electron chi connectivity index (χ1n) is 10.3. The minimum atomic E-state index is -0.393. The first-order valence-corrected chi connectivity index (χ1v) is 11.9. The molecular formula is C22H28Cl2N4O3S. The average Bonchev–Trinajstić information content (AvgIpc) is 3.11. The summed E-state index contributed by atoms with van der Waals surface area (Å²) in [7, 11) is 0. The lowest BCUT2D eigenvalue weighted by Crippen LogP contribution is -2.42. The van der Waals surface area contributed by atoms with Crippen LogP contribution in [0.2, 0.25) is 10.0 Å². The summed E-state index contributed by atoms with van der Waals surface area (Å²) in [5, 5.41) is 8.38. The number of carbonyl (C=O) groups excluding carboxylic acids is 3. The molecule has 1 unspecified atom stereocenters. The van der Waals surface area contributed by atoms with Crippen LogP contribution < -0.4 is 10.6 Å². The predicted molar refractivity (Wildman–Crippen MR) is 130 cm³/mol. The van der Waals surface area contributed by atoms with Crippen molar-refractivity contribution in [3.05, 3.63) is 44.9 Å². The van der Waals surface area contributed by atoms with E-state index >= 15 is 0 Å². The van der Waals surface area contributed by atoms with Crippen molar-refractivity contribution in [1.29, 1.82) is 0 Å². The number of halogens is 2. The molecule has 1 atom stereocenters. The van der Waals surface area contributed by atoms with Gasteiger partial charge in [-0.05, 0) is 44.9 Å². The highest BCUT2D eigenvalue weighted by molar-refractivity contribution is 7.13. The zero-order valence-corrected chi connectivity index (χ0v) is 21.1. The summed E-state index contributed by atoms with van der Waals surface area (Å²) < 4.78 is 0. The van der Waals surface area contributed by atoms with Crippen molar-refractivity contribution < 1.29 is 14.4 Å². The molecule has 1 aromatic heterocycles. The van der Waals surface area contributed by atoms with E-state index in [-0.39, 0.29) is 47.4 Å². The number of aromatic nitrogens is 1. The first-order chi connectivity index (χ1) is 15.0. The topological polar surface area (TPSA) is 91.4 Å². The lowest BCUT2D eigenvalue weighted by Gasteiger charge is -2.26. The van der Waals surface area contributed by atoms with Crippen LogP contribution in [0.15, 0.2) is 23.6 Å². The fourth-order valence-electron chi connectivity index (χ4n) is 2.70. The highest BCUT2D eigenvalue weighted by Gasteiger charge is 2.24. The second kappa shape index (κ2) is 11.6. The second-order valence-corrected chi connectivity index (χ2v) is 9.82. The summed E-state index contributed by atoms with van der Waals surface area (Å²) in [5.41, 5.74) is 0.847. The van der Waals surface area contributed by atoms with Crippen LogP contribution in [-0.4, -0.2) is 46.2 Å². The van der Waals surface area contributed by atoms with E-state index in [4.69, 9.17) is 23.2 Å². The Morgan fingerprint density at radius 2 is 1.78 bits per heavy atom. The number of hydrogen-bond acceptors (Lipinski definition) is 5. The number of nitrogens with zero attached hydrogens (tertiary/aromatic N) is 2. The Balaban J connectivity index is 1.99. The van der Waals surface area contributed by atoms with Crippen LogP contribution in [0.3, 0.4) is 0 Å². The summed E-state index contributed by atoms with van der Waals surface area (Å²) in [6.45, 7) is 9.48. The molecule has 2 N–H and O–H groups in total. The molecule has 0 saturated heterocycles. The summed E-state index contributed by atoms with van der Waals surface area (Å²) in [6, 6.07) is 4.43. The van der Waals surface area contributed by atoms with E-state index in [1.54, 1.807) is 17.5 Å². The Bertz CT molecular complexity index is 978. The molecule has 0 aliphatic carbocycles. The van der Waals surface area contributed by atoms with E-state index in [9.17, 15) is 14.4 Å². The maximum atomic E-state index is 12.9. The van der Waals surface area contributed by atoms with Crippen molar-refractivity contribution in [3.63, 3.8) is 0 Å². The number of thiazole rings is 1. The van der Waals surface area contributed by atoms with Crippen molar-refractivity contribution in [2.24, 2.45) is 5.92 Å². The quantitative estimate of drug-likeness (QED) is 0.526. The molecule has 174 valence electrons. The van der Waals surface area contributed by atoms with Crippen LogP contribution in [0.1, 0.15) is 50.7 Å². The van der Waals surface area contributed by atoms with E-state index in [2.05, 4.69) is 15.6 Å². The third-order valence-electron chi connectivity index (χ3n) is 4.89. The third-order valence-corrected chi connectivity index (χ3v) is 6.24. The van der Waals surface area contributed by atoms with Crippen molar-refractivity contribution in [1.82, 2.24) is 15.2 Å². The predicted octanol–water partition coefficient (Wildman–Crippen LogP) is 4.64. The number of hydrogen-bond donors (Lipinski definition) is 2. The Hall–Kier alpha value is -2.16. The minimum Gasteiger partial charge on any atom is -0.353 e. The Morgan fingerprint density at radius 1 is 1.09 bits per heavy atom. The molecule has 10 heteroatoms. The van der Waals surface area contributed by atoms with Crippen LogP contribution >= 0.6 is 34.5 Å². The number of anilines is 1. The zero-order chi connectivity index (χ0) is 24.0. The Morgan fingerprint density at radius 3 is 2.38 bits per heavy atom. The van der Waals surface area contributed by atoms with E-state index < -0.39 is 5.91 Å². The van der Waals surface area contributed by atoms with E-state index in [0.29, 0.717) is 21.8 Å². The average molecular weight is 499 g/mol. The molecule has 2 aromatic rings. The van der Waals surface area contributed by atoms with Gasteiger partial charge in [0.25, 0.3) is 5.91 Å². The summed E-state index contributed by atoms with van der Waals surface area (Å²) in [4.78, 5) is 43.4. The van der Waals surface area contributed by atoms with Crippen molar-refractivity contribution in [3.8, 4) is 0 Å². The lowest BCUT2D eigenvalue weighted by atomic mass is 10.1. The van der Waals surface area contributed by atoms with Gasteiger partial charge in [0.05, 0.1) is 22.7 Å². The van der Waals surface area contributed by atoms with Gasteiger partial charge in [0.2, 0.25) is 11.8 Å². The number of nitrogens with one attached hydrogen (secondary N) is 2. The third kappa shape index (κ3) is 7.46. The van der Waals surface area contributed by atoms with Crippen molar-refractivity contribution in [2.75, 3.05) is 11.9 Å². The van der Waals surface area contributed by atoms with Gasteiger partial charge in [0.15, 0.2) is 5.13 Å². The molecule has 0 aliphatic rings. The van der Waals surface area contributed by atoms with Crippen LogP contribution in [0.25, 0.3) is 0 Å². The number of carbonyl (C=O) groups is 3. The highest BCUT2D eigenvalue weighted by atomic mass is 35.5. The molecule has 0 bridgehead atoms. The molecule has 7 nitrogen and oxygen atoms in total. The molecule has 0 saturated carbocycles. The SMILES string of the molecule is CC(C)C(C)NC(=O)Cc1csc(NC(=O)CN(C(=O)c2ccc(Cl)cc2Cl)C(C)C)n1. The van der Waals surface area contributed by atoms with Gasteiger partial charge in [-0.25, -0.2) is 4.98 Å². The monoisotopic (exact) mass is 498 g/mol. The van der Waals surface area contributed by atoms with Gasteiger partial charge >= 0.3 is 0 Å². The van der Waals surface area contributed by atoms with Crippen LogP contribution in [0, 0.1) is 5.92 Å². The van der Waals surface area contributed by atoms with Crippen molar-refractivity contribution in [2.45, 2.75) is 53.1 Å². The normalized spacial score (nSPS) is 12.0. The molecule has 0 radical (unpaired) electrons. The smallest absolute Gasteiger partial charge is 0.256 e. The van der Waals surface area contributed by atoms with E-state index in [1.807, 2.05) is 34.6 Å². The minimum absolute atomic E-state index is 0.0639. The van der Waals surface area contributed by atoms with Crippen LogP contribution in [0.5, 0.6) is 0 Å². The Kier molecular flexibility index (Phi) is 9.48. The van der Waals surface area contributed by atoms with Gasteiger partial charge in [-0.2, -0.15) is 0 Å². The van der Waals surface area contributed by atoms with Gasteiger partial charge < -0.3 is 15.5 Å². The van der Waals surface area contributed by atoms with Gasteiger partial charge in [-0.3, -0.25) is 14.4 Å². The van der Waals surface area contributed by atoms with Gasteiger partial charge in [0.1, 0.15) is 6.54 Å². The van der Waals surface area contributed by atoms with Gasteiger partial charge in [0, 0.05) is 22.5 Å². The fourth-order valence-corrected chi connectivity index (χ4v) is 3.92. The standard InChI is InChI=1S/C22H28Cl2N4O3S/c1-12(2)14(5)25-19(29)9-16-11-32-22(26-16)27-20(30)10-28(13(3)4)21(31)17-7-6-15(23)8-18(17)24/h6-8,11-14H,9-10H2,1-5H3,(H,25,29)(H,26,27,30). The summed E-state index contributed by atoms with van der Waals surface area (Å²) in [5.74, 6) is -0.548. The van der Waals surface area contributed by atoms with Gasteiger partial charge in [-0.15, -0.1) is 11.3 Å². The molecule has 0 spiro atoms.